The van der Waals surface area contributed by atoms with Crippen LogP contribution in [0.5, 0.6) is 0 Å². The van der Waals surface area contributed by atoms with Gasteiger partial charge in [-0.2, -0.15) is 8.42 Å². The first kappa shape index (κ1) is 19.1. The van der Waals surface area contributed by atoms with Gasteiger partial charge in [-0.15, -0.1) is 4.47 Å². The maximum Gasteiger partial charge on any atom is 0.289 e. The summed E-state index contributed by atoms with van der Waals surface area (Å²) in [5, 5.41) is 20.6. The van der Waals surface area contributed by atoms with Gasteiger partial charge in [0.2, 0.25) is 0 Å². The zero-order valence-electron chi connectivity index (χ0n) is 14.1. The van der Waals surface area contributed by atoms with Crippen molar-refractivity contribution in [2.75, 3.05) is 19.0 Å². The van der Waals surface area contributed by atoms with Crippen molar-refractivity contribution in [2.24, 2.45) is 5.73 Å². The molecule has 2 aromatic carbocycles. The number of hydrogen-bond donors (Lipinski definition) is 3. The van der Waals surface area contributed by atoms with Crippen LogP contribution in [-0.2, 0) is 14.8 Å². The van der Waals surface area contributed by atoms with E-state index >= 15 is 0 Å². The van der Waals surface area contributed by atoms with Crippen LogP contribution in [0.25, 0.3) is 10.8 Å². The van der Waals surface area contributed by atoms with Crippen molar-refractivity contribution >= 4 is 32.4 Å². The molecule has 0 spiro atoms. The van der Waals surface area contributed by atoms with Gasteiger partial charge in [-0.1, -0.05) is 18.2 Å². The van der Waals surface area contributed by atoms with Crippen molar-refractivity contribution in [3.63, 3.8) is 0 Å². The Morgan fingerprint density at radius 3 is 2.40 bits per heavy atom. The number of nitrogens with two attached hydrogens (primary N) is 1. The van der Waals surface area contributed by atoms with E-state index in [1.807, 2.05) is 37.2 Å². The molecule has 2 atom stereocenters. The Morgan fingerprint density at radius 2 is 1.84 bits per heavy atom. The van der Waals surface area contributed by atoms with Crippen LogP contribution in [0.15, 0.2) is 41.3 Å². The molecule has 0 aliphatic carbocycles. The number of hydrogen-bond acceptors (Lipinski definition) is 7. The Balaban J connectivity index is 2.53. The Bertz CT molecular complexity index is 896. The third kappa shape index (κ3) is 3.59. The van der Waals surface area contributed by atoms with E-state index in [9.17, 15) is 23.5 Å². The van der Waals surface area contributed by atoms with Crippen LogP contribution in [0, 0.1) is 0 Å². The summed E-state index contributed by atoms with van der Waals surface area (Å²) < 4.78 is 24.6. The molecule has 4 N–H and O–H groups in total. The lowest BCUT2D eigenvalue weighted by atomic mass is 10.1. The zero-order chi connectivity index (χ0) is 18.9. The van der Waals surface area contributed by atoms with Crippen LogP contribution in [0.3, 0.4) is 0 Å². The van der Waals surface area contributed by atoms with Crippen molar-refractivity contribution < 1.29 is 23.5 Å². The molecule has 2 rings (SSSR count). The normalized spacial score (nSPS) is 14.2. The van der Waals surface area contributed by atoms with Gasteiger partial charge in [-0.05, 0) is 30.5 Å². The summed E-state index contributed by atoms with van der Waals surface area (Å²) in [6.45, 7) is 1.22. The molecule has 0 saturated carbocycles. The highest BCUT2D eigenvalue weighted by atomic mass is 32.2. The predicted molar refractivity (Wildman–Crippen MR) is 93.7 cm³/mol. The third-order valence-corrected chi connectivity index (χ3v) is 5.32. The number of fused-ring (bicyclic) bond motifs is 1. The molecule has 0 bridgehead atoms. The van der Waals surface area contributed by atoms with Crippen LogP contribution < -0.4 is 10.6 Å². The summed E-state index contributed by atoms with van der Waals surface area (Å²) in [5.41, 5.74) is 6.20. The molecule has 25 heavy (non-hydrogen) atoms. The number of amides is 1. The van der Waals surface area contributed by atoms with Gasteiger partial charge in [-0.3, -0.25) is 10.0 Å². The smallest absolute Gasteiger partial charge is 0.289 e. The second-order valence-electron chi connectivity index (χ2n) is 5.91. The topological polar surface area (TPSA) is 124 Å². The number of benzene rings is 2. The summed E-state index contributed by atoms with van der Waals surface area (Å²) in [4.78, 5) is 13.5. The van der Waals surface area contributed by atoms with Crippen LogP contribution in [0.2, 0.25) is 0 Å². The number of rotatable bonds is 5. The van der Waals surface area contributed by atoms with Gasteiger partial charge in [0.05, 0.1) is 11.0 Å². The number of carbonyl (C=O) groups excluding carboxylic acids is 1. The summed E-state index contributed by atoms with van der Waals surface area (Å²) in [5.74, 6) is -1.31. The third-order valence-electron chi connectivity index (χ3n) is 3.83. The summed E-state index contributed by atoms with van der Waals surface area (Å²) in [6.07, 6.45) is -1.31. The van der Waals surface area contributed by atoms with Crippen LogP contribution in [-0.4, -0.2) is 55.3 Å². The van der Waals surface area contributed by atoms with E-state index in [2.05, 4.69) is 0 Å². The van der Waals surface area contributed by atoms with E-state index in [0.29, 0.717) is 5.39 Å². The van der Waals surface area contributed by atoms with Gasteiger partial charge >= 0.3 is 0 Å². The maximum atomic E-state index is 12.5. The van der Waals surface area contributed by atoms with E-state index in [1.54, 1.807) is 6.07 Å². The number of aliphatic hydroxyl groups excluding tert-OH is 1. The highest BCUT2D eigenvalue weighted by Crippen LogP contribution is 2.29. The zero-order valence-corrected chi connectivity index (χ0v) is 14.9. The molecule has 0 aromatic heterocycles. The highest BCUT2D eigenvalue weighted by Gasteiger charge is 2.33. The summed E-state index contributed by atoms with van der Waals surface area (Å²) >= 11 is 0. The molecule has 0 radical (unpaired) electrons. The molecule has 0 aliphatic rings. The molecule has 0 fully saturated rings. The molecular formula is C16H21N3O5S. The lowest BCUT2D eigenvalue weighted by Crippen LogP contribution is -2.49. The highest BCUT2D eigenvalue weighted by molar-refractivity contribution is 7.89. The van der Waals surface area contributed by atoms with Crippen molar-refractivity contribution in [3.05, 3.63) is 36.4 Å². The standard InChI is InChI=1S/C16H21N3O5S/c1-10(20)15(17)16(21)19(22)25(23,24)12-8-7-11-5-4-6-14(18(2)3)13(11)9-12/h4-10,15,20,22H,17H2,1-3H3/t10-,15+/m1/s1. The molecule has 8 nitrogen and oxygen atoms in total. The van der Waals surface area contributed by atoms with Crippen LogP contribution in [0.4, 0.5) is 5.69 Å². The molecular weight excluding hydrogens is 346 g/mol. The largest absolute Gasteiger partial charge is 0.391 e. The first-order chi connectivity index (χ1) is 11.6. The van der Waals surface area contributed by atoms with Gasteiger partial charge in [0.25, 0.3) is 15.9 Å². The Morgan fingerprint density at radius 1 is 1.20 bits per heavy atom. The van der Waals surface area contributed by atoms with E-state index < -0.39 is 32.5 Å². The summed E-state index contributed by atoms with van der Waals surface area (Å²) in [7, 11) is -0.883. The monoisotopic (exact) mass is 367 g/mol. The minimum absolute atomic E-state index is 0.261. The minimum atomic E-state index is -4.52. The Kier molecular flexibility index (Phi) is 5.33. The SMILES string of the molecule is C[C@@H](O)[C@H](N)C(=O)N(O)S(=O)(=O)c1ccc2cccc(N(C)C)c2c1. The number of sulfonamides is 1. The Labute approximate surface area is 146 Å². The molecule has 0 saturated heterocycles. The molecule has 9 heteroatoms. The molecule has 0 unspecified atom stereocenters. The van der Waals surface area contributed by atoms with Crippen molar-refractivity contribution in [1.29, 1.82) is 0 Å². The molecule has 0 aliphatic heterocycles. The predicted octanol–water partition coefficient (Wildman–Crippen LogP) is 0.520. The summed E-state index contributed by atoms with van der Waals surface area (Å²) in [6, 6.07) is 8.19. The van der Waals surface area contributed by atoms with Crippen molar-refractivity contribution in [3.8, 4) is 0 Å². The quantitative estimate of drug-likeness (QED) is 0.520. The number of nitrogens with zero attached hydrogens (tertiary/aromatic N) is 2. The lowest BCUT2D eigenvalue weighted by molar-refractivity contribution is -0.149. The van der Waals surface area contributed by atoms with E-state index in [0.717, 1.165) is 11.1 Å². The Hall–Kier alpha value is -2.20. The second-order valence-corrected chi connectivity index (χ2v) is 7.67. The van der Waals surface area contributed by atoms with E-state index in [4.69, 9.17) is 5.73 Å². The van der Waals surface area contributed by atoms with Gasteiger partial charge < -0.3 is 15.7 Å². The average molecular weight is 367 g/mol. The van der Waals surface area contributed by atoms with Gasteiger partial charge in [0.1, 0.15) is 6.04 Å². The van der Waals surface area contributed by atoms with Gasteiger partial charge in [0.15, 0.2) is 0 Å². The number of aliphatic hydroxyl groups is 1. The molecule has 0 heterocycles. The first-order valence-corrected chi connectivity index (χ1v) is 8.93. The molecule has 2 aromatic rings. The van der Waals surface area contributed by atoms with E-state index in [1.165, 1.54) is 19.1 Å². The number of anilines is 1. The van der Waals surface area contributed by atoms with E-state index in [-0.39, 0.29) is 4.90 Å². The van der Waals surface area contributed by atoms with Crippen LogP contribution >= 0.6 is 0 Å². The fourth-order valence-corrected chi connectivity index (χ4v) is 3.40. The first-order valence-electron chi connectivity index (χ1n) is 7.49. The minimum Gasteiger partial charge on any atom is -0.391 e. The number of hydroxylamine groups is 1. The van der Waals surface area contributed by atoms with Crippen molar-refractivity contribution in [1.82, 2.24) is 4.47 Å². The number of carbonyl (C=O) groups is 1. The fourth-order valence-electron chi connectivity index (χ4n) is 2.34. The lowest BCUT2D eigenvalue weighted by Gasteiger charge is -2.21. The average Bonchev–Trinajstić information content (AvgIpc) is 2.58. The van der Waals surface area contributed by atoms with Gasteiger partial charge in [-0.25, -0.2) is 0 Å². The van der Waals surface area contributed by atoms with Crippen LogP contribution in [0.1, 0.15) is 6.92 Å². The molecule has 136 valence electrons. The maximum absolute atomic E-state index is 12.5. The second kappa shape index (κ2) is 6.96. The van der Waals surface area contributed by atoms with Crippen molar-refractivity contribution in [2.45, 2.75) is 24.0 Å². The fraction of sp³-hybridized carbons (Fsp3) is 0.312. The van der Waals surface area contributed by atoms with Gasteiger partial charge in [0, 0.05) is 25.2 Å². The molecule has 1 amide bonds.